The van der Waals surface area contributed by atoms with Crippen LogP contribution in [0.2, 0.25) is 0 Å². The molecule has 0 atom stereocenters. The Morgan fingerprint density at radius 2 is 2.05 bits per heavy atom. The molecule has 0 radical (unpaired) electrons. The number of carbonyl (C=O) groups is 1. The van der Waals surface area contributed by atoms with Gasteiger partial charge in [0.15, 0.2) is 0 Å². The predicted octanol–water partition coefficient (Wildman–Crippen LogP) is 2.26. The van der Waals surface area contributed by atoms with Crippen molar-refractivity contribution in [2.24, 2.45) is 5.92 Å². The number of benzene rings is 1. The van der Waals surface area contributed by atoms with Crippen LogP contribution in [0.15, 0.2) is 24.3 Å². The standard InChI is InChI=1S/C17H26N2O2/c1-13-8-10-17(21,11-9-13)12-19-16(20)7-6-14-4-2-3-5-15(14)18/h2-5,13,21H,6-12,18H2,1H3,(H,19,20). The summed E-state index contributed by atoms with van der Waals surface area (Å²) in [5.41, 5.74) is 6.87. The number of anilines is 1. The topological polar surface area (TPSA) is 75.3 Å². The quantitative estimate of drug-likeness (QED) is 0.728. The van der Waals surface area contributed by atoms with Crippen molar-refractivity contribution in [1.82, 2.24) is 5.32 Å². The summed E-state index contributed by atoms with van der Waals surface area (Å²) < 4.78 is 0. The number of nitrogen functional groups attached to an aromatic ring is 1. The molecule has 4 heteroatoms. The van der Waals surface area contributed by atoms with Gasteiger partial charge in [0.25, 0.3) is 0 Å². The summed E-state index contributed by atoms with van der Waals surface area (Å²) in [6.45, 7) is 2.57. The minimum Gasteiger partial charge on any atom is -0.399 e. The van der Waals surface area contributed by atoms with E-state index in [1.165, 1.54) is 0 Å². The Morgan fingerprint density at radius 3 is 2.71 bits per heavy atom. The maximum Gasteiger partial charge on any atom is 0.220 e. The second kappa shape index (κ2) is 6.94. The monoisotopic (exact) mass is 290 g/mol. The zero-order valence-electron chi connectivity index (χ0n) is 12.8. The number of carbonyl (C=O) groups excluding carboxylic acids is 1. The van der Waals surface area contributed by atoms with Crippen molar-refractivity contribution >= 4 is 11.6 Å². The van der Waals surface area contributed by atoms with Crippen molar-refractivity contribution in [1.29, 1.82) is 0 Å². The Hall–Kier alpha value is -1.55. The van der Waals surface area contributed by atoms with Crippen LogP contribution in [0.3, 0.4) is 0 Å². The molecule has 0 aromatic heterocycles. The maximum atomic E-state index is 11.9. The minimum atomic E-state index is -0.714. The van der Waals surface area contributed by atoms with Gasteiger partial charge in [-0.2, -0.15) is 0 Å². The van der Waals surface area contributed by atoms with E-state index in [0.717, 1.165) is 36.9 Å². The highest BCUT2D eigenvalue weighted by molar-refractivity contribution is 5.76. The molecule has 1 aromatic rings. The van der Waals surface area contributed by atoms with Gasteiger partial charge in [0, 0.05) is 18.7 Å². The molecule has 116 valence electrons. The van der Waals surface area contributed by atoms with E-state index in [0.29, 0.717) is 25.3 Å². The Balaban J connectivity index is 1.74. The Bertz CT molecular complexity index is 479. The molecule has 1 aromatic carbocycles. The first-order chi connectivity index (χ1) is 9.98. The van der Waals surface area contributed by atoms with Crippen molar-refractivity contribution in [3.8, 4) is 0 Å². The molecule has 0 aliphatic heterocycles. The van der Waals surface area contributed by atoms with Crippen LogP contribution in [0.5, 0.6) is 0 Å². The first-order valence-corrected chi connectivity index (χ1v) is 7.81. The van der Waals surface area contributed by atoms with Gasteiger partial charge in [-0.1, -0.05) is 25.1 Å². The Labute approximate surface area is 126 Å². The van der Waals surface area contributed by atoms with Crippen LogP contribution in [-0.2, 0) is 11.2 Å². The van der Waals surface area contributed by atoms with Gasteiger partial charge in [-0.3, -0.25) is 4.79 Å². The molecule has 0 unspecified atom stereocenters. The molecule has 1 aliphatic rings. The highest BCUT2D eigenvalue weighted by atomic mass is 16.3. The molecule has 0 heterocycles. The average Bonchev–Trinajstić information content (AvgIpc) is 2.48. The fourth-order valence-electron chi connectivity index (χ4n) is 2.84. The smallest absolute Gasteiger partial charge is 0.220 e. The first-order valence-electron chi connectivity index (χ1n) is 7.81. The predicted molar refractivity (Wildman–Crippen MR) is 84.8 cm³/mol. The van der Waals surface area contributed by atoms with E-state index in [9.17, 15) is 9.90 Å². The summed E-state index contributed by atoms with van der Waals surface area (Å²) in [6, 6.07) is 7.60. The van der Waals surface area contributed by atoms with Crippen LogP contribution in [0, 0.1) is 5.92 Å². The first kappa shape index (κ1) is 15.8. The summed E-state index contributed by atoms with van der Waals surface area (Å²) in [7, 11) is 0. The number of hydrogen-bond donors (Lipinski definition) is 3. The van der Waals surface area contributed by atoms with Gasteiger partial charge in [-0.25, -0.2) is 0 Å². The zero-order valence-corrected chi connectivity index (χ0v) is 12.8. The largest absolute Gasteiger partial charge is 0.399 e. The normalized spacial score (nSPS) is 25.5. The lowest BCUT2D eigenvalue weighted by atomic mass is 9.79. The number of hydrogen-bond acceptors (Lipinski definition) is 3. The average molecular weight is 290 g/mol. The molecule has 1 aliphatic carbocycles. The van der Waals surface area contributed by atoms with Gasteiger partial charge in [0.05, 0.1) is 5.60 Å². The second-order valence-corrected chi connectivity index (χ2v) is 6.38. The van der Waals surface area contributed by atoms with Crippen LogP contribution in [-0.4, -0.2) is 23.2 Å². The van der Waals surface area contributed by atoms with Crippen molar-refractivity contribution in [3.63, 3.8) is 0 Å². The van der Waals surface area contributed by atoms with Gasteiger partial charge < -0.3 is 16.2 Å². The van der Waals surface area contributed by atoms with Crippen molar-refractivity contribution in [2.45, 2.75) is 51.0 Å². The van der Waals surface area contributed by atoms with Crippen LogP contribution in [0.1, 0.15) is 44.6 Å². The van der Waals surface area contributed by atoms with E-state index in [1.807, 2.05) is 24.3 Å². The lowest BCUT2D eigenvalue weighted by Gasteiger charge is -2.34. The third-order valence-electron chi connectivity index (χ3n) is 4.50. The number of nitrogens with two attached hydrogens (primary N) is 1. The molecule has 1 amide bonds. The molecule has 1 fully saturated rings. The minimum absolute atomic E-state index is 0.0229. The van der Waals surface area contributed by atoms with Gasteiger partial charge in [0.2, 0.25) is 5.91 Å². The summed E-state index contributed by atoms with van der Waals surface area (Å²) in [5.74, 6) is 0.660. The summed E-state index contributed by atoms with van der Waals surface area (Å²) >= 11 is 0. The molecule has 4 nitrogen and oxygen atoms in total. The number of amides is 1. The van der Waals surface area contributed by atoms with Crippen LogP contribution >= 0.6 is 0 Å². The summed E-state index contributed by atoms with van der Waals surface area (Å²) in [6.07, 6.45) is 4.66. The van der Waals surface area contributed by atoms with Crippen LogP contribution < -0.4 is 11.1 Å². The molecular formula is C17H26N2O2. The molecule has 2 rings (SSSR count). The maximum absolute atomic E-state index is 11.9. The molecule has 0 bridgehead atoms. The Kier molecular flexibility index (Phi) is 5.23. The fourth-order valence-corrected chi connectivity index (χ4v) is 2.84. The molecule has 1 saturated carbocycles. The number of para-hydroxylation sites is 1. The SMILES string of the molecule is CC1CCC(O)(CNC(=O)CCc2ccccc2N)CC1. The van der Waals surface area contributed by atoms with Crippen LogP contribution in [0.25, 0.3) is 0 Å². The van der Waals surface area contributed by atoms with Gasteiger partial charge in [-0.15, -0.1) is 0 Å². The highest BCUT2D eigenvalue weighted by Gasteiger charge is 2.31. The van der Waals surface area contributed by atoms with E-state index >= 15 is 0 Å². The van der Waals surface area contributed by atoms with Crippen molar-refractivity contribution < 1.29 is 9.90 Å². The van der Waals surface area contributed by atoms with E-state index in [-0.39, 0.29) is 5.91 Å². The van der Waals surface area contributed by atoms with E-state index < -0.39 is 5.60 Å². The van der Waals surface area contributed by atoms with Crippen molar-refractivity contribution in [2.75, 3.05) is 12.3 Å². The summed E-state index contributed by atoms with van der Waals surface area (Å²) in [5, 5.41) is 13.3. The van der Waals surface area contributed by atoms with Gasteiger partial charge in [-0.05, 0) is 49.7 Å². The molecule has 0 spiro atoms. The number of aliphatic hydroxyl groups is 1. The van der Waals surface area contributed by atoms with E-state index in [4.69, 9.17) is 5.73 Å². The number of rotatable bonds is 5. The lowest BCUT2D eigenvalue weighted by Crippen LogP contribution is -2.45. The van der Waals surface area contributed by atoms with Crippen molar-refractivity contribution in [3.05, 3.63) is 29.8 Å². The number of aryl methyl sites for hydroxylation is 1. The second-order valence-electron chi connectivity index (χ2n) is 6.38. The van der Waals surface area contributed by atoms with E-state index in [2.05, 4.69) is 12.2 Å². The molecule has 4 N–H and O–H groups in total. The number of nitrogens with one attached hydrogen (secondary N) is 1. The zero-order chi connectivity index (χ0) is 15.3. The third kappa shape index (κ3) is 4.74. The van der Waals surface area contributed by atoms with Gasteiger partial charge in [0.1, 0.15) is 0 Å². The van der Waals surface area contributed by atoms with Gasteiger partial charge >= 0.3 is 0 Å². The third-order valence-corrected chi connectivity index (χ3v) is 4.50. The van der Waals surface area contributed by atoms with E-state index in [1.54, 1.807) is 0 Å². The molecule has 0 saturated heterocycles. The fraction of sp³-hybridized carbons (Fsp3) is 0.588. The summed E-state index contributed by atoms with van der Waals surface area (Å²) in [4.78, 5) is 11.9. The molecular weight excluding hydrogens is 264 g/mol. The lowest BCUT2D eigenvalue weighted by molar-refractivity contribution is -0.122. The Morgan fingerprint density at radius 1 is 1.38 bits per heavy atom. The van der Waals surface area contributed by atoms with Crippen LogP contribution in [0.4, 0.5) is 5.69 Å². The highest BCUT2D eigenvalue weighted by Crippen LogP contribution is 2.31. The molecule has 21 heavy (non-hydrogen) atoms.